The van der Waals surface area contributed by atoms with E-state index < -0.39 is 5.97 Å². The summed E-state index contributed by atoms with van der Waals surface area (Å²) in [5.74, 6) is -1.29. The van der Waals surface area contributed by atoms with Gasteiger partial charge in [0.1, 0.15) is 0 Å². The van der Waals surface area contributed by atoms with E-state index in [4.69, 9.17) is 0 Å². The summed E-state index contributed by atoms with van der Waals surface area (Å²) in [4.78, 5) is 30.0. The van der Waals surface area contributed by atoms with Crippen LogP contribution < -0.4 is 0 Å². The van der Waals surface area contributed by atoms with E-state index in [9.17, 15) is 14.7 Å². The van der Waals surface area contributed by atoms with Crippen molar-refractivity contribution in [2.24, 2.45) is 11.8 Å². The molecular formula is C20H22N2O3. The Morgan fingerprint density at radius 2 is 2.00 bits per heavy atom. The SMILES string of the molecule is Cc1cccc(-c2cncc(C(=O)N3CCC(C(=O)O)C(C)C3)c2)c1. The molecule has 0 spiro atoms. The van der Waals surface area contributed by atoms with Crippen molar-refractivity contribution >= 4 is 11.9 Å². The highest BCUT2D eigenvalue weighted by molar-refractivity contribution is 5.95. The third kappa shape index (κ3) is 3.71. The van der Waals surface area contributed by atoms with Gasteiger partial charge >= 0.3 is 5.97 Å². The van der Waals surface area contributed by atoms with E-state index in [-0.39, 0.29) is 17.7 Å². The Balaban J connectivity index is 1.79. The van der Waals surface area contributed by atoms with E-state index in [0.29, 0.717) is 25.1 Å². The molecule has 5 nitrogen and oxygen atoms in total. The van der Waals surface area contributed by atoms with E-state index in [1.54, 1.807) is 17.3 Å². The number of hydrogen-bond acceptors (Lipinski definition) is 3. The molecule has 2 unspecified atom stereocenters. The lowest BCUT2D eigenvalue weighted by Crippen LogP contribution is -2.45. The number of benzene rings is 1. The molecule has 2 atom stereocenters. The molecule has 0 saturated carbocycles. The van der Waals surface area contributed by atoms with Crippen LogP contribution in [0.2, 0.25) is 0 Å². The van der Waals surface area contributed by atoms with Crippen LogP contribution in [-0.4, -0.2) is 40.0 Å². The maximum Gasteiger partial charge on any atom is 0.306 e. The maximum atomic E-state index is 12.8. The predicted molar refractivity (Wildman–Crippen MR) is 95.2 cm³/mol. The lowest BCUT2D eigenvalue weighted by atomic mass is 9.87. The van der Waals surface area contributed by atoms with Gasteiger partial charge in [-0.25, -0.2) is 0 Å². The third-order valence-corrected chi connectivity index (χ3v) is 4.85. The first-order chi connectivity index (χ1) is 12.0. The zero-order chi connectivity index (χ0) is 18.0. The van der Waals surface area contributed by atoms with Crippen molar-refractivity contribution in [1.29, 1.82) is 0 Å². The highest BCUT2D eigenvalue weighted by atomic mass is 16.4. The quantitative estimate of drug-likeness (QED) is 0.933. The summed E-state index contributed by atoms with van der Waals surface area (Å²) in [6.07, 6.45) is 3.83. The van der Waals surface area contributed by atoms with Gasteiger partial charge in [-0.1, -0.05) is 36.8 Å². The fraction of sp³-hybridized carbons (Fsp3) is 0.350. The van der Waals surface area contributed by atoms with Crippen molar-refractivity contribution in [3.63, 3.8) is 0 Å². The van der Waals surface area contributed by atoms with Crippen LogP contribution in [0, 0.1) is 18.8 Å². The fourth-order valence-electron chi connectivity index (χ4n) is 3.42. The zero-order valence-electron chi connectivity index (χ0n) is 14.5. The molecule has 5 heteroatoms. The summed E-state index contributed by atoms with van der Waals surface area (Å²) >= 11 is 0. The van der Waals surface area contributed by atoms with Crippen LogP contribution in [0.25, 0.3) is 11.1 Å². The Morgan fingerprint density at radius 1 is 1.20 bits per heavy atom. The Morgan fingerprint density at radius 3 is 2.68 bits per heavy atom. The van der Waals surface area contributed by atoms with Crippen molar-refractivity contribution < 1.29 is 14.7 Å². The van der Waals surface area contributed by atoms with Crippen LogP contribution in [0.5, 0.6) is 0 Å². The van der Waals surface area contributed by atoms with Gasteiger partial charge < -0.3 is 10.0 Å². The number of pyridine rings is 1. The second kappa shape index (κ2) is 7.05. The molecule has 1 aromatic carbocycles. The van der Waals surface area contributed by atoms with Crippen LogP contribution >= 0.6 is 0 Å². The highest BCUT2D eigenvalue weighted by Gasteiger charge is 2.33. The molecule has 1 fully saturated rings. The number of piperidine rings is 1. The molecule has 1 aliphatic heterocycles. The van der Waals surface area contributed by atoms with Gasteiger partial charge in [0.25, 0.3) is 5.91 Å². The Labute approximate surface area is 147 Å². The average molecular weight is 338 g/mol. The maximum absolute atomic E-state index is 12.8. The molecule has 0 bridgehead atoms. The summed E-state index contributed by atoms with van der Waals surface area (Å²) < 4.78 is 0. The van der Waals surface area contributed by atoms with Gasteiger partial charge in [0.05, 0.1) is 11.5 Å². The Kier molecular flexibility index (Phi) is 4.83. The molecular weight excluding hydrogens is 316 g/mol. The second-order valence-corrected chi connectivity index (χ2v) is 6.79. The normalized spacial score (nSPS) is 20.3. The van der Waals surface area contributed by atoms with Gasteiger partial charge in [-0.3, -0.25) is 14.6 Å². The number of hydrogen-bond donors (Lipinski definition) is 1. The Hall–Kier alpha value is -2.69. The molecule has 0 radical (unpaired) electrons. The molecule has 1 aliphatic rings. The molecule has 1 N–H and O–H groups in total. The zero-order valence-corrected chi connectivity index (χ0v) is 14.5. The summed E-state index contributed by atoms with van der Waals surface area (Å²) in [6.45, 7) is 4.85. The van der Waals surface area contributed by atoms with E-state index in [0.717, 1.165) is 16.7 Å². The highest BCUT2D eigenvalue weighted by Crippen LogP contribution is 2.26. The van der Waals surface area contributed by atoms with Crippen LogP contribution in [-0.2, 0) is 4.79 Å². The van der Waals surface area contributed by atoms with Gasteiger partial charge in [-0.15, -0.1) is 0 Å². The number of aryl methyl sites for hydroxylation is 1. The number of amides is 1. The number of carboxylic acids is 1. The molecule has 2 aromatic rings. The van der Waals surface area contributed by atoms with E-state index >= 15 is 0 Å². The number of carbonyl (C=O) groups is 2. The smallest absolute Gasteiger partial charge is 0.306 e. The lowest BCUT2D eigenvalue weighted by Gasteiger charge is -2.35. The first kappa shape index (κ1) is 17.1. The van der Waals surface area contributed by atoms with Crippen molar-refractivity contribution in [3.8, 4) is 11.1 Å². The number of likely N-dealkylation sites (tertiary alicyclic amines) is 1. The molecule has 1 amide bonds. The minimum Gasteiger partial charge on any atom is -0.481 e. The molecule has 25 heavy (non-hydrogen) atoms. The molecule has 1 saturated heterocycles. The number of rotatable bonds is 3. The van der Waals surface area contributed by atoms with Crippen molar-refractivity contribution in [2.75, 3.05) is 13.1 Å². The average Bonchev–Trinajstić information content (AvgIpc) is 2.61. The largest absolute Gasteiger partial charge is 0.481 e. The second-order valence-electron chi connectivity index (χ2n) is 6.79. The summed E-state index contributed by atoms with van der Waals surface area (Å²) in [5.41, 5.74) is 3.63. The molecule has 2 heterocycles. The first-order valence-corrected chi connectivity index (χ1v) is 8.50. The minimum atomic E-state index is -0.775. The van der Waals surface area contributed by atoms with Crippen LogP contribution in [0.4, 0.5) is 0 Å². The number of carboxylic acid groups (broad SMARTS) is 1. The molecule has 130 valence electrons. The van der Waals surface area contributed by atoms with E-state index in [1.165, 1.54) is 0 Å². The van der Waals surface area contributed by atoms with Gasteiger partial charge in [0, 0.05) is 31.0 Å². The van der Waals surface area contributed by atoms with Crippen molar-refractivity contribution in [3.05, 3.63) is 53.9 Å². The monoisotopic (exact) mass is 338 g/mol. The van der Waals surface area contributed by atoms with E-state index in [2.05, 4.69) is 11.1 Å². The van der Waals surface area contributed by atoms with Crippen molar-refractivity contribution in [1.82, 2.24) is 9.88 Å². The molecule has 3 rings (SSSR count). The number of carbonyl (C=O) groups excluding carboxylic acids is 1. The molecule has 1 aromatic heterocycles. The number of aromatic nitrogens is 1. The lowest BCUT2D eigenvalue weighted by molar-refractivity contribution is -0.145. The van der Waals surface area contributed by atoms with Gasteiger partial charge in [-0.05, 0) is 30.9 Å². The standard InChI is InChI=1S/C20H22N2O3/c1-13-4-3-5-15(8-13)16-9-17(11-21-10-16)19(23)22-7-6-18(20(24)25)14(2)12-22/h3-5,8-11,14,18H,6-7,12H2,1-2H3,(H,24,25). The number of nitrogens with zero attached hydrogens (tertiary/aromatic N) is 2. The minimum absolute atomic E-state index is 0.0527. The van der Waals surface area contributed by atoms with Gasteiger partial charge in [-0.2, -0.15) is 0 Å². The predicted octanol–water partition coefficient (Wildman–Crippen LogP) is 3.24. The van der Waals surface area contributed by atoms with Gasteiger partial charge in [0.15, 0.2) is 0 Å². The van der Waals surface area contributed by atoms with Crippen LogP contribution in [0.1, 0.15) is 29.3 Å². The van der Waals surface area contributed by atoms with Crippen LogP contribution in [0.15, 0.2) is 42.7 Å². The molecule has 0 aliphatic carbocycles. The van der Waals surface area contributed by atoms with Crippen molar-refractivity contribution in [2.45, 2.75) is 20.3 Å². The van der Waals surface area contributed by atoms with E-state index in [1.807, 2.05) is 38.1 Å². The van der Waals surface area contributed by atoms with Crippen LogP contribution in [0.3, 0.4) is 0 Å². The summed E-state index contributed by atoms with van der Waals surface area (Å²) in [5, 5.41) is 9.22. The van der Waals surface area contributed by atoms with Gasteiger partial charge in [0.2, 0.25) is 0 Å². The third-order valence-electron chi connectivity index (χ3n) is 4.85. The topological polar surface area (TPSA) is 70.5 Å². The Bertz CT molecular complexity index is 803. The summed E-state index contributed by atoms with van der Waals surface area (Å²) in [6, 6.07) is 9.93. The fourth-order valence-corrected chi connectivity index (χ4v) is 3.42. The number of aliphatic carboxylic acids is 1. The first-order valence-electron chi connectivity index (χ1n) is 8.50. The summed E-state index contributed by atoms with van der Waals surface area (Å²) in [7, 11) is 0.